The second-order valence-corrected chi connectivity index (χ2v) is 3.96. The molecule has 14 heavy (non-hydrogen) atoms. The van der Waals surface area contributed by atoms with Gasteiger partial charge in [0.2, 0.25) is 0 Å². The minimum atomic E-state index is -0.386. The lowest BCUT2D eigenvalue weighted by molar-refractivity contribution is 0.112. The number of aliphatic hydroxyl groups is 1. The van der Waals surface area contributed by atoms with Crippen LogP contribution in [-0.2, 0) is 0 Å². The Hall–Kier alpha value is -0.860. The zero-order chi connectivity index (χ0) is 10.6. The first-order valence-electron chi connectivity index (χ1n) is 5.04. The number of hydrogen-bond acceptors (Lipinski definition) is 2. The minimum Gasteiger partial charge on any atom is -0.387 e. The van der Waals surface area contributed by atoms with Gasteiger partial charge in [-0.3, -0.25) is 0 Å². The third-order valence-corrected chi connectivity index (χ3v) is 2.53. The van der Waals surface area contributed by atoms with Gasteiger partial charge in [-0.2, -0.15) is 0 Å². The van der Waals surface area contributed by atoms with Gasteiger partial charge in [-0.05, 0) is 26.5 Å². The summed E-state index contributed by atoms with van der Waals surface area (Å²) >= 11 is 0. The van der Waals surface area contributed by atoms with Gasteiger partial charge in [0, 0.05) is 12.6 Å². The molecule has 0 aliphatic heterocycles. The lowest BCUT2D eigenvalue weighted by atomic mass is 10.1. The topological polar surface area (TPSA) is 23.5 Å². The Kier molecular flexibility index (Phi) is 4.11. The van der Waals surface area contributed by atoms with E-state index in [1.165, 1.54) is 0 Å². The Morgan fingerprint density at radius 2 is 1.79 bits per heavy atom. The highest BCUT2D eigenvalue weighted by Crippen LogP contribution is 2.13. The van der Waals surface area contributed by atoms with Crippen LogP contribution in [0.2, 0.25) is 0 Å². The molecular weight excluding hydrogens is 174 g/mol. The van der Waals surface area contributed by atoms with Crippen molar-refractivity contribution >= 4 is 0 Å². The molecule has 0 saturated carbocycles. The van der Waals surface area contributed by atoms with Crippen LogP contribution in [0.5, 0.6) is 0 Å². The van der Waals surface area contributed by atoms with E-state index >= 15 is 0 Å². The first-order chi connectivity index (χ1) is 6.61. The fraction of sp³-hybridized carbons (Fsp3) is 0.500. The van der Waals surface area contributed by atoms with Crippen molar-refractivity contribution in [2.45, 2.75) is 26.0 Å². The van der Waals surface area contributed by atoms with Crippen molar-refractivity contribution in [3.05, 3.63) is 35.9 Å². The highest BCUT2D eigenvalue weighted by Gasteiger charge is 2.11. The van der Waals surface area contributed by atoms with E-state index in [2.05, 4.69) is 18.7 Å². The summed E-state index contributed by atoms with van der Waals surface area (Å²) in [6.07, 6.45) is -0.386. The number of likely N-dealkylation sites (N-methyl/N-ethyl adjacent to an activating group) is 1. The smallest absolute Gasteiger partial charge is 0.0916 e. The summed E-state index contributed by atoms with van der Waals surface area (Å²) in [5, 5.41) is 9.90. The molecule has 0 heterocycles. The van der Waals surface area contributed by atoms with Gasteiger partial charge in [0.25, 0.3) is 0 Å². The van der Waals surface area contributed by atoms with E-state index < -0.39 is 0 Å². The third-order valence-electron chi connectivity index (χ3n) is 2.53. The fourth-order valence-electron chi connectivity index (χ4n) is 1.26. The maximum absolute atomic E-state index is 9.90. The molecule has 2 heteroatoms. The number of rotatable bonds is 4. The molecular formula is C12H19NO. The Morgan fingerprint density at radius 3 is 2.29 bits per heavy atom. The van der Waals surface area contributed by atoms with Gasteiger partial charge in [0.15, 0.2) is 0 Å². The van der Waals surface area contributed by atoms with Crippen LogP contribution in [0.3, 0.4) is 0 Å². The highest BCUT2D eigenvalue weighted by molar-refractivity contribution is 5.17. The Labute approximate surface area is 86.2 Å². The summed E-state index contributed by atoms with van der Waals surface area (Å²) < 4.78 is 0. The lowest BCUT2D eigenvalue weighted by Crippen LogP contribution is -2.30. The number of nitrogens with zero attached hydrogens (tertiary/aromatic N) is 1. The van der Waals surface area contributed by atoms with Crippen LogP contribution in [0.1, 0.15) is 25.5 Å². The Balaban J connectivity index is 2.55. The second kappa shape index (κ2) is 5.13. The molecule has 0 aromatic heterocycles. The first kappa shape index (κ1) is 11.2. The monoisotopic (exact) mass is 193 g/mol. The molecule has 0 aliphatic rings. The molecule has 1 aromatic carbocycles. The molecule has 78 valence electrons. The summed E-state index contributed by atoms with van der Waals surface area (Å²) in [7, 11) is 2.02. The summed E-state index contributed by atoms with van der Waals surface area (Å²) in [5.41, 5.74) is 0.986. The van der Waals surface area contributed by atoms with Crippen LogP contribution < -0.4 is 0 Å². The van der Waals surface area contributed by atoms with E-state index in [4.69, 9.17) is 0 Å². The van der Waals surface area contributed by atoms with Crippen molar-refractivity contribution in [2.75, 3.05) is 13.6 Å². The average Bonchev–Trinajstić information content (AvgIpc) is 2.19. The summed E-state index contributed by atoms with van der Waals surface area (Å²) in [4.78, 5) is 2.14. The maximum atomic E-state index is 9.90. The fourth-order valence-corrected chi connectivity index (χ4v) is 1.26. The molecule has 0 amide bonds. The molecule has 1 N–H and O–H groups in total. The van der Waals surface area contributed by atoms with E-state index in [1.54, 1.807) is 0 Å². The van der Waals surface area contributed by atoms with E-state index in [0.717, 1.165) is 5.56 Å². The van der Waals surface area contributed by atoms with Crippen LogP contribution in [0.4, 0.5) is 0 Å². The molecule has 1 atom stereocenters. The van der Waals surface area contributed by atoms with E-state index in [-0.39, 0.29) is 6.10 Å². The number of hydrogen-bond donors (Lipinski definition) is 1. The van der Waals surface area contributed by atoms with Gasteiger partial charge in [0.1, 0.15) is 0 Å². The molecule has 0 saturated heterocycles. The van der Waals surface area contributed by atoms with Crippen molar-refractivity contribution in [1.29, 1.82) is 0 Å². The Bertz CT molecular complexity index is 258. The molecule has 0 unspecified atom stereocenters. The Morgan fingerprint density at radius 1 is 1.21 bits per heavy atom. The number of benzene rings is 1. The van der Waals surface area contributed by atoms with Crippen molar-refractivity contribution in [1.82, 2.24) is 4.90 Å². The molecule has 0 aliphatic carbocycles. The minimum absolute atomic E-state index is 0.386. The van der Waals surface area contributed by atoms with E-state index in [9.17, 15) is 5.11 Å². The maximum Gasteiger partial charge on any atom is 0.0916 e. The van der Waals surface area contributed by atoms with Gasteiger partial charge < -0.3 is 10.0 Å². The van der Waals surface area contributed by atoms with Crippen molar-refractivity contribution in [3.8, 4) is 0 Å². The molecule has 1 aromatic rings. The predicted molar refractivity (Wildman–Crippen MR) is 59.2 cm³/mol. The van der Waals surface area contributed by atoms with E-state index in [0.29, 0.717) is 12.6 Å². The zero-order valence-electron chi connectivity index (χ0n) is 9.14. The quantitative estimate of drug-likeness (QED) is 0.791. The molecule has 2 nitrogen and oxygen atoms in total. The van der Waals surface area contributed by atoms with Gasteiger partial charge in [-0.25, -0.2) is 0 Å². The molecule has 0 spiro atoms. The van der Waals surface area contributed by atoms with Crippen LogP contribution in [-0.4, -0.2) is 29.6 Å². The van der Waals surface area contributed by atoms with Crippen molar-refractivity contribution in [2.24, 2.45) is 0 Å². The van der Waals surface area contributed by atoms with Crippen molar-refractivity contribution < 1.29 is 5.11 Å². The van der Waals surface area contributed by atoms with Crippen molar-refractivity contribution in [3.63, 3.8) is 0 Å². The lowest BCUT2D eigenvalue weighted by Gasteiger charge is -2.24. The molecule has 1 rings (SSSR count). The van der Waals surface area contributed by atoms with Gasteiger partial charge in [-0.15, -0.1) is 0 Å². The van der Waals surface area contributed by atoms with Crippen LogP contribution in [0, 0.1) is 0 Å². The van der Waals surface area contributed by atoms with E-state index in [1.807, 2.05) is 37.4 Å². The van der Waals surface area contributed by atoms with Gasteiger partial charge in [0.05, 0.1) is 6.10 Å². The zero-order valence-corrected chi connectivity index (χ0v) is 9.14. The second-order valence-electron chi connectivity index (χ2n) is 3.96. The molecule has 0 radical (unpaired) electrons. The molecule has 0 fully saturated rings. The first-order valence-corrected chi connectivity index (χ1v) is 5.04. The van der Waals surface area contributed by atoms with Crippen LogP contribution >= 0.6 is 0 Å². The van der Waals surface area contributed by atoms with Crippen LogP contribution in [0.25, 0.3) is 0 Å². The standard InChI is InChI=1S/C12H19NO/c1-10(2)13(3)9-12(14)11-7-5-4-6-8-11/h4-8,10,12,14H,9H2,1-3H3/t12-/m0/s1. The van der Waals surface area contributed by atoms with Gasteiger partial charge >= 0.3 is 0 Å². The van der Waals surface area contributed by atoms with Gasteiger partial charge in [-0.1, -0.05) is 30.3 Å². The summed E-state index contributed by atoms with van der Waals surface area (Å²) in [6, 6.07) is 10.2. The van der Waals surface area contributed by atoms with Crippen LogP contribution in [0.15, 0.2) is 30.3 Å². The summed E-state index contributed by atoms with van der Waals surface area (Å²) in [6.45, 7) is 4.93. The number of aliphatic hydroxyl groups excluding tert-OH is 1. The SMILES string of the molecule is CC(C)N(C)C[C@H](O)c1ccccc1. The summed E-state index contributed by atoms with van der Waals surface area (Å²) in [5.74, 6) is 0. The average molecular weight is 193 g/mol. The predicted octanol–water partition coefficient (Wildman–Crippen LogP) is 2.06. The molecule has 0 bridgehead atoms. The largest absolute Gasteiger partial charge is 0.387 e. The highest BCUT2D eigenvalue weighted by atomic mass is 16.3. The normalized spacial score (nSPS) is 13.6. The third kappa shape index (κ3) is 3.13.